The van der Waals surface area contributed by atoms with Crippen LogP contribution in [-0.2, 0) is 4.74 Å². The summed E-state index contributed by atoms with van der Waals surface area (Å²) in [6.07, 6.45) is 0.898. The molecule has 1 amide bonds. The number of morpholine rings is 1. The fourth-order valence-corrected chi connectivity index (χ4v) is 3.49. The summed E-state index contributed by atoms with van der Waals surface area (Å²) in [5, 5.41) is 7.16. The zero-order valence-electron chi connectivity index (χ0n) is 16.6. The van der Waals surface area contributed by atoms with Crippen LogP contribution in [0.4, 0.5) is 17.2 Å². The molecule has 0 bridgehead atoms. The molecule has 150 valence electrons. The second kappa shape index (κ2) is 8.92. The summed E-state index contributed by atoms with van der Waals surface area (Å²) in [4.78, 5) is 19.7. The molecular weight excluding hydrogens is 364 g/mol. The van der Waals surface area contributed by atoms with Crippen LogP contribution >= 0.6 is 0 Å². The van der Waals surface area contributed by atoms with Gasteiger partial charge in [0, 0.05) is 36.4 Å². The average molecular weight is 390 g/mol. The summed E-state index contributed by atoms with van der Waals surface area (Å²) in [5.41, 5.74) is 3.55. The van der Waals surface area contributed by atoms with Crippen molar-refractivity contribution in [3.05, 3.63) is 60.2 Å². The first-order valence-electron chi connectivity index (χ1n) is 10.1. The van der Waals surface area contributed by atoms with Gasteiger partial charge >= 0.3 is 0 Å². The van der Waals surface area contributed by atoms with E-state index in [9.17, 15) is 4.79 Å². The fourth-order valence-electron chi connectivity index (χ4n) is 3.49. The minimum Gasteiger partial charge on any atom is -0.378 e. The maximum atomic E-state index is 12.7. The van der Waals surface area contributed by atoms with Gasteiger partial charge in [0.25, 0.3) is 5.91 Å². The van der Waals surface area contributed by atoms with Crippen molar-refractivity contribution in [2.75, 3.05) is 43.1 Å². The molecule has 2 heterocycles. The van der Waals surface area contributed by atoms with Gasteiger partial charge in [0.2, 0.25) is 0 Å². The van der Waals surface area contributed by atoms with Crippen LogP contribution in [0, 0.1) is 0 Å². The second-order valence-corrected chi connectivity index (χ2v) is 7.10. The Morgan fingerprint density at radius 1 is 1.10 bits per heavy atom. The molecule has 2 aromatic carbocycles. The second-order valence-electron chi connectivity index (χ2n) is 7.10. The predicted octanol–water partition coefficient (Wildman–Crippen LogP) is 3.95. The van der Waals surface area contributed by atoms with Crippen LogP contribution in [0.5, 0.6) is 0 Å². The Kier molecular flexibility index (Phi) is 5.91. The molecule has 6 nitrogen and oxygen atoms in total. The summed E-state index contributed by atoms with van der Waals surface area (Å²) in [6.45, 7) is 6.05. The Morgan fingerprint density at radius 3 is 2.62 bits per heavy atom. The van der Waals surface area contributed by atoms with Gasteiger partial charge in [-0.25, -0.2) is 4.98 Å². The first-order chi connectivity index (χ1) is 14.2. The van der Waals surface area contributed by atoms with Crippen LogP contribution in [0.15, 0.2) is 54.6 Å². The van der Waals surface area contributed by atoms with Gasteiger partial charge in [-0.05, 0) is 42.8 Å². The third-order valence-corrected chi connectivity index (χ3v) is 5.01. The van der Waals surface area contributed by atoms with Gasteiger partial charge in [-0.3, -0.25) is 4.79 Å². The number of hydrogen-bond donors (Lipinski definition) is 2. The lowest BCUT2D eigenvalue weighted by Gasteiger charge is -2.28. The van der Waals surface area contributed by atoms with E-state index in [-0.39, 0.29) is 5.91 Å². The number of rotatable bonds is 6. The number of nitrogens with zero attached hydrogens (tertiary/aromatic N) is 2. The minimum atomic E-state index is -0.0730. The van der Waals surface area contributed by atoms with E-state index in [0.29, 0.717) is 17.9 Å². The lowest BCUT2D eigenvalue weighted by molar-refractivity contribution is 0.0955. The molecule has 0 saturated carbocycles. The molecule has 0 atom stereocenters. The van der Waals surface area contributed by atoms with Crippen LogP contribution in [0.25, 0.3) is 10.9 Å². The normalized spacial score (nSPS) is 14.0. The highest BCUT2D eigenvalue weighted by Gasteiger charge is 2.14. The van der Waals surface area contributed by atoms with E-state index in [1.165, 1.54) is 5.69 Å². The first-order valence-corrected chi connectivity index (χ1v) is 10.1. The van der Waals surface area contributed by atoms with Crippen molar-refractivity contribution in [2.24, 2.45) is 0 Å². The minimum absolute atomic E-state index is 0.0730. The molecule has 4 rings (SSSR count). The number of amides is 1. The van der Waals surface area contributed by atoms with Crippen molar-refractivity contribution in [3.63, 3.8) is 0 Å². The summed E-state index contributed by atoms with van der Waals surface area (Å²) in [5.74, 6) is 0.584. The van der Waals surface area contributed by atoms with Crippen LogP contribution < -0.4 is 15.5 Å². The Morgan fingerprint density at radius 2 is 1.86 bits per heavy atom. The van der Waals surface area contributed by atoms with E-state index in [1.54, 1.807) is 0 Å². The molecule has 0 aliphatic carbocycles. The monoisotopic (exact) mass is 390 g/mol. The SMILES string of the molecule is CCCNC(=O)c1cc(Nc2ccc(N3CCOCC3)cc2)nc2ccccc12. The van der Waals surface area contributed by atoms with Gasteiger partial charge < -0.3 is 20.3 Å². The number of aromatic nitrogens is 1. The maximum Gasteiger partial charge on any atom is 0.252 e. The van der Waals surface area contributed by atoms with Gasteiger partial charge in [0.1, 0.15) is 5.82 Å². The summed E-state index contributed by atoms with van der Waals surface area (Å²) >= 11 is 0. The number of carbonyl (C=O) groups is 1. The molecule has 0 spiro atoms. The summed E-state index contributed by atoms with van der Waals surface area (Å²) in [6, 6.07) is 17.8. The van der Waals surface area contributed by atoms with Crippen LogP contribution in [0.2, 0.25) is 0 Å². The van der Waals surface area contributed by atoms with Crippen LogP contribution in [-0.4, -0.2) is 43.7 Å². The molecule has 1 aromatic heterocycles. The molecule has 1 fully saturated rings. The number of pyridine rings is 1. The third-order valence-electron chi connectivity index (χ3n) is 5.01. The number of carbonyl (C=O) groups excluding carboxylic acids is 1. The quantitative estimate of drug-likeness (QED) is 0.667. The topological polar surface area (TPSA) is 66.5 Å². The van der Waals surface area contributed by atoms with E-state index >= 15 is 0 Å². The van der Waals surface area contributed by atoms with E-state index in [4.69, 9.17) is 4.74 Å². The van der Waals surface area contributed by atoms with E-state index in [1.807, 2.05) is 49.4 Å². The lowest BCUT2D eigenvalue weighted by atomic mass is 10.1. The molecule has 1 saturated heterocycles. The van der Waals surface area contributed by atoms with E-state index < -0.39 is 0 Å². The zero-order chi connectivity index (χ0) is 20.1. The number of ether oxygens (including phenoxy) is 1. The Labute approximate surface area is 170 Å². The molecule has 6 heteroatoms. The fraction of sp³-hybridized carbons (Fsp3) is 0.304. The number of nitrogens with one attached hydrogen (secondary N) is 2. The van der Waals surface area contributed by atoms with Gasteiger partial charge in [-0.15, -0.1) is 0 Å². The standard InChI is InChI=1S/C23H26N4O2/c1-2-11-24-23(28)20-16-22(26-21-6-4-3-5-19(20)21)25-17-7-9-18(10-8-17)27-12-14-29-15-13-27/h3-10,16H,2,11-15H2,1H3,(H,24,28)(H,25,26). The Bertz CT molecular complexity index is 982. The van der Waals surface area contributed by atoms with Gasteiger partial charge in [-0.1, -0.05) is 25.1 Å². The highest BCUT2D eigenvalue weighted by molar-refractivity contribution is 6.07. The highest BCUT2D eigenvalue weighted by Crippen LogP contribution is 2.25. The van der Waals surface area contributed by atoms with Gasteiger partial charge in [0.05, 0.1) is 24.3 Å². The molecule has 0 radical (unpaired) electrons. The van der Waals surface area contributed by atoms with Crippen molar-refractivity contribution in [1.82, 2.24) is 10.3 Å². The predicted molar refractivity (Wildman–Crippen MR) is 117 cm³/mol. The molecule has 29 heavy (non-hydrogen) atoms. The number of para-hydroxylation sites is 1. The highest BCUT2D eigenvalue weighted by atomic mass is 16.5. The van der Waals surface area contributed by atoms with Gasteiger partial charge in [0.15, 0.2) is 0 Å². The molecular formula is C23H26N4O2. The zero-order valence-corrected chi connectivity index (χ0v) is 16.6. The smallest absolute Gasteiger partial charge is 0.252 e. The number of anilines is 3. The van der Waals surface area contributed by atoms with Crippen LogP contribution in [0.1, 0.15) is 23.7 Å². The lowest BCUT2D eigenvalue weighted by Crippen LogP contribution is -2.36. The van der Waals surface area contributed by atoms with Crippen molar-refractivity contribution in [1.29, 1.82) is 0 Å². The van der Waals surface area contributed by atoms with Crippen molar-refractivity contribution in [2.45, 2.75) is 13.3 Å². The Hall–Kier alpha value is -3.12. The summed E-state index contributed by atoms with van der Waals surface area (Å²) < 4.78 is 5.42. The average Bonchev–Trinajstić information content (AvgIpc) is 2.78. The van der Waals surface area contributed by atoms with Crippen molar-refractivity contribution >= 4 is 34.0 Å². The molecule has 1 aliphatic heterocycles. The number of benzene rings is 2. The third kappa shape index (κ3) is 4.49. The van der Waals surface area contributed by atoms with E-state index in [2.05, 4.69) is 32.7 Å². The number of hydrogen-bond acceptors (Lipinski definition) is 5. The first kappa shape index (κ1) is 19.2. The molecule has 3 aromatic rings. The summed E-state index contributed by atoms with van der Waals surface area (Å²) in [7, 11) is 0. The van der Waals surface area contributed by atoms with Gasteiger partial charge in [-0.2, -0.15) is 0 Å². The largest absolute Gasteiger partial charge is 0.378 e. The van der Waals surface area contributed by atoms with Crippen molar-refractivity contribution < 1.29 is 9.53 Å². The van der Waals surface area contributed by atoms with E-state index in [0.717, 1.165) is 49.3 Å². The van der Waals surface area contributed by atoms with Crippen LogP contribution in [0.3, 0.4) is 0 Å². The van der Waals surface area contributed by atoms with Crippen molar-refractivity contribution in [3.8, 4) is 0 Å². The maximum absolute atomic E-state index is 12.7. The molecule has 2 N–H and O–H groups in total. The molecule has 0 unspecified atom stereocenters. The molecule has 1 aliphatic rings. The number of fused-ring (bicyclic) bond motifs is 1. The Balaban J connectivity index is 1.58.